The van der Waals surface area contributed by atoms with Crippen molar-refractivity contribution in [2.45, 2.75) is 50.6 Å². The Kier molecular flexibility index (Phi) is 4.58. The van der Waals surface area contributed by atoms with E-state index < -0.39 is 23.3 Å². The number of carbonyl (C=O) groups is 1. The summed E-state index contributed by atoms with van der Waals surface area (Å²) in [5, 5.41) is 18.1. The Hall–Kier alpha value is -3.29. The molecule has 0 unspecified atom stereocenters. The molecule has 0 spiro atoms. The molecule has 1 aliphatic rings. The number of H-pyrrole nitrogens is 1. The second kappa shape index (κ2) is 7.12. The van der Waals surface area contributed by atoms with Gasteiger partial charge in [-0.05, 0) is 60.9 Å². The number of nitrogens with zero attached hydrogens (tertiary/aromatic N) is 2. The maximum absolute atomic E-state index is 15.0. The van der Waals surface area contributed by atoms with E-state index in [-0.39, 0.29) is 24.7 Å². The number of benzene rings is 2. The third-order valence-corrected chi connectivity index (χ3v) is 6.56. The zero-order valence-corrected chi connectivity index (χ0v) is 17.6. The molecule has 2 aromatic carbocycles. The van der Waals surface area contributed by atoms with E-state index in [1.807, 2.05) is 30.5 Å². The summed E-state index contributed by atoms with van der Waals surface area (Å²) in [6.07, 6.45) is 1.88. The van der Waals surface area contributed by atoms with Crippen molar-refractivity contribution in [3.05, 3.63) is 59.4 Å². The summed E-state index contributed by atoms with van der Waals surface area (Å²) in [4.78, 5) is 11.5. The Labute approximate surface area is 181 Å². The fourth-order valence-electron chi connectivity index (χ4n) is 5.11. The average molecular weight is 441 g/mol. The lowest BCUT2D eigenvalue weighted by Gasteiger charge is -2.19. The van der Waals surface area contributed by atoms with E-state index in [4.69, 9.17) is 0 Å². The van der Waals surface area contributed by atoms with Crippen LogP contribution in [0.25, 0.3) is 27.5 Å². The molecule has 0 saturated heterocycles. The minimum absolute atomic E-state index is 0.0404. The molecule has 0 amide bonds. The van der Waals surface area contributed by atoms with Crippen molar-refractivity contribution < 1.29 is 23.1 Å². The molecule has 1 fully saturated rings. The normalized spacial score (nSPS) is 21.2. The second-order valence-electron chi connectivity index (χ2n) is 8.92. The van der Waals surface area contributed by atoms with Gasteiger partial charge in [0.05, 0.1) is 17.2 Å². The molecule has 166 valence electrons. The first-order valence-electron chi connectivity index (χ1n) is 10.6. The molecule has 4 aromatic rings. The number of aromatic nitrogens is 3. The van der Waals surface area contributed by atoms with E-state index in [1.54, 1.807) is 6.20 Å². The van der Waals surface area contributed by atoms with Crippen LogP contribution in [0.1, 0.15) is 56.2 Å². The number of halogens is 3. The van der Waals surface area contributed by atoms with Crippen LogP contribution >= 0.6 is 0 Å². The van der Waals surface area contributed by atoms with Crippen molar-refractivity contribution in [3.63, 3.8) is 0 Å². The van der Waals surface area contributed by atoms with Gasteiger partial charge < -0.3 is 9.67 Å². The van der Waals surface area contributed by atoms with Gasteiger partial charge in [-0.15, -0.1) is 0 Å². The Bertz CT molecular complexity index is 1370. The highest BCUT2D eigenvalue weighted by molar-refractivity contribution is 5.99. The van der Waals surface area contributed by atoms with Crippen molar-refractivity contribution in [2.24, 2.45) is 0 Å². The third-order valence-electron chi connectivity index (χ3n) is 6.56. The first kappa shape index (κ1) is 20.6. The molecule has 2 aromatic heterocycles. The Morgan fingerprint density at radius 2 is 2.03 bits per heavy atom. The molecule has 8 heteroatoms. The molecule has 32 heavy (non-hydrogen) atoms. The number of fused-ring (bicyclic) bond motifs is 2. The molecule has 2 heterocycles. The van der Waals surface area contributed by atoms with Gasteiger partial charge in [-0.3, -0.25) is 5.10 Å². The molecule has 5 nitrogen and oxygen atoms in total. The minimum atomic E-state index is -2.27. The maximum Gasteiger partial charge on any atom is 0.341 e. The molecule has 0 radical (unpaired) electrons. The molecule has 5 rings (SSSR count). The summed E-state index contributed by atoms with van der Waals surface area (Å²) in [7, 11) is 0. The van der Waals surface area contributed by atoms with Crippen LogP contribution in [0.3, 0.4) is 0 Å². The van der Waals surface area contributed by atoms with E-state index in [1.165, 1.54) is 6.07 Å². The van der Waals surface area contributed by atoms with E-state index in [9.17, 15) is 18.7 Å². The molecule has 0 bridgehead atoms. The number of aliphatic carboxylic acids is 1. The smallest absolute Gasteiger partial charge is 0.341 e. The van der Waals surface area contributed by atoms with Gasteiger partial charge in [-0.25, -0.2) is 18.0 Å². The van der Waals surface area contributed by atoms with Crippen LogP contribution in [-0.2, 0) is 4.79 Å². The summed E-state index contributed by atoms with van der Waals surface area (Å²) in [5.41, 5.74) is 1.43. The summed E-state index contributed by atoms with van der Waals surface area (Å²) in [6.45, 7) is 3.96. The molecular weight excluding hydrogens is 419 g/mol. The number of carboxylic acids is 1. The van der Waals surface area contributed by atoms with Crippen LogP contribution in [0.4, 0.5) is 13.2 Å². The Morgan fingerprint density at radius 1 is 1.25 bits per heavy atom. The first-order chi connectivity index (χ1) is 15.2. The number of rotatable bonds is 4. The number of alkyl halides is 1. The zero-order valence-electron chi connectivity index (χ0n) is 17.6. The monoisotopic (exact) mass is 441 g/mol. The molecule has 0 aliphatic heterocycles. The highest BCUT2D eigenvalue weighted by Gasteiger charge is 2.47. The Balaban J connectivity index is 1.84. The molecule has 1 aliphatic carbocycles. The van der Waals surface area contributed by atoms with E-state index >= 15 is 4.39 Å². The largest absolute Gasteiger partial charge is 0.479 e. The van der Waals surface area contributed by atoms with Crippen molar-refractivity contribution in [1.82, 2.24) is 14.8 Å². The van der Waals surface area contributed by atoms with Crippen LogP contribution in [0.5, 0.6) is 0 Å². The van der Waals surface area contributed by atoms with Gasteiger partial charge in [-0.2, -0.15) is 5.10 Å². The summed E-state index contributed by atoms with van der Waals surface area (Å²) >= 11 is 0. The molecular formula is C24H22F3N3O2. The van der Waals surface area contributed by atoms with Crippen molar-refractivity contribution in [2.75, 3.05) is 0 Å². The van der Waals surface area contributed by atoms with E-state index in [0.29, 0.717) is 12.1 Å². The van der Waals surface area contributed by atoms with Gasteiger partial charge >= 0.3 is 5.97 Å². The highest BCUT2D eigenvalue weighted by atomic mass is 19.2. The SMILES string of the molecule is CC(C)c1c([C@@H]2CC[C@@](F)(C(=O)O)C2)c2cc3[nH]ncc3cc2n1-c1ccc(F)c(F)c1. The van der Waals surface area contributed by atoms with Crippen LogP contribution in [0.15, 0.2) is 36.5 Å². The highest BCUT2D eigenvalue weighted by Crippen LogP contribution is 2.49. The van der Waals surface area contributed by atoms with Gasteiger partial charge in [0.15, 0.2) is 11.6 Å². The predicted molar refractivity (Wildman–Crippen MR) is 115 cm³/mol. The zero-order chi connectivity index (χ0) is 22.8. The number of aromatic amines is 1. The number of carboxylic acid groups (broad SMARTS) is 1. The quantitative estimate of drug-likeness (QED) is 0.410. The lowest BCUT2D eigenvalue weighted by molar-refractivity contribution is -0.150. The fourth-order valence-corrected chi connectivity index (χ4v) is 5.11. The summed E-state index contributed by atoms with van der Waals surface area (Å²) < 4.78 is 44.8. The van der Waals surface area contributed by atoms with Crippen LogP contribution in [-0.4, -0.2) is 31.5 Å². The van der Waals surface area contributed by atoms with Crippen molar-refractivity contribution in [3.8, 4) is 5.69 Å². The Morgan fingerprint density at radius 3 is 2.69 bits per heavy atom. The second-order valence-corrected chi connectivity index (χ2v) is 8.92. The number of nitrogens with one attached hydrogen (secondary N) is 1. The summed E-state index contributed by atoms with van der Waals surface area (Å²) in [6, 6.07) is 7.59. The lowest BCUT2D eigenvalue weighted by atomic mass is 9.89. The maximum atomic E-state index is 15.0. The van der Waals surface area contributed by atoms with Gasteiger partial charge in [-0.1, -0.05) is 13.8 Å². The van der Waals surface area contributed by atoms with Gasteiger partial charge in [0.1, 0.15) is 0 Å². The number of hydrogen-bond acceptors (Lipinski definition) is 2. The third kappa shape index (κ3) is 3.00. The van der Waals surface area contributed by atoms with Crippen molar-refractivity contribution >= 4 is 27.8 Å². The van der Waals surface area contributed by atoms with Crippen LogP contribution in [0.2, 0.25) is 0 Å². The van der Waals surface area contributed by atoms with Crippen LogP contribution < -0.4 is 0 Å². The van der Waals surface area contributed by atoms with E-state index in [2.05, 4.69) is 10.2 Å². The summed E-state index contributed by atoms with van der Waals surface area (Å²) in [5.74, 6) is -3.69. The van der Waals surface area contributed by atoms with Gasteiger partial charge in [0.2, 0.25) is 5.67 Å². The minimum Gasteiger partial charge on any atom is -0.479 e. The van der Waals surface area contributed by atoms with Crippen LogP contribution in [0, 0.1) is 11.6 Å². The molecule has 2 N–H and O–H groups in total. The van der Waals surface area contributed by atoms with E-state index in [0.717, 1.165) is 45.2 Å². The van der Waals surface area contributed by atoms with Gasteiger partial charge in [0, 0.05) is 28.2 Å². The predicted octanol–water partition coefficient (Wildman–Crippen LogP) is 5.97. The van der Waals surface area contributed by atoms with Crippen molar-refractivity contribution in [1.29, 1.82) is 0 Å². The topological polar surface area (TPSA) is 70.9 Å². The fraction of sp³-hybridized carbons (Fsp3) is 0.333. The number of hydrogen-bond donors (Lipinski definition) is 2. The average Bonchev–Trinajstić information content (AvgIpc) is 3.43. The molecule has 2 atom stereocenters. The standard InChI is InChI=1S/C24H22F3N3O2/c1-12(2)22-21(13-5-6-24(27,10-13)23(31)32)16-9-19-14(11-28-29-19)7-20(16)30(22)15-3-4-17(25)18(26)8-15/h3-4,7-9,11-13H,5-6,10H2,1-2H3,(H,28,29)(H,31,32)/t13-,24+/m1/s1. The first-order valence-corrected chi connectivity index (χ1v) is 10.6. The lowest BCUT2D eigenvalue weighted by Crippen LogP contribution is -2.30. The molecule has 1 saturated carbocycles. The van der Waals surface area contributed by atoms with Gasteiger partial charge in [0.25, 0.3) is 0 Å².